The number of rotatable bonds is 10. The van der Waals surface area contributed by atoms with Gasteiger partial charge in [-0.3, -0.25) is 4.79 Å². The van der Waals surface area contributed by atoms with Gasteiger partial charge >= 0.3 is 12.4 Å². The van der Waals surface area contributed by atoms with Gasteiger partial charge in [0.15, 0.2) is 0 Å². The van der Waals surface area contributed by atoms with Gasteiger partial charge in [0.25, 0.3) is 0 Å². The summed E-state index contributed by atoms with van der Waals surface area (Å²) < 4.78 is 84.6. The van der Waals surface area contributed by atoms with Crippen LogP contribution in [0.3, 0.4) is 0 Å². The molecule has 35 heavy (non-hydrogen) atoms. The number of carbonyl (C=O) groups excluding carboxylic acids is 1. The standard InChI is InChI=1S/C26H23F6NO2/c27-25(28,29)22-11-18(12-23(13-22)26(30,31)32)15-35-16-21(14-33-17-34)24(19-7-3-1-4-8-19)20-9-5-2-6-10-20/h1-13,17,21,24H,14-16H2,(H,33,34). The number of nitrogens with one attached hydrogen (secondary N) is 1. The fourth-order valence-corrected chi connectivity index (χ4v) is 3.96. The second-order valence-corrected chi connectivity index (χ2v) is 8.01. The molecular weight excluding hydrogens is 472 g/mol. The molecule has 9 heteroatoms. The first-order valence-electron chi connectivity index (χ1n) is 10.7. The smallest absolute Gasteiger partial charge is 0.376 e. The Morgan fingerprint density at radius 2 is 1.26 bits per heavy atom. The fraction of sp³-hybridized carbons (Fsp3) is 0.269. The molecule has 1 unspecified atom stereocenters. The minimum absolute atomic E-state index is 0.0209. The van der Waals surface area contributed by atoms with Gasteiger partial charge in [0, 0.05) is 18.4 Å². The SMILES string of the molecule is O=CNCC(COCc1cc(C(F)(F)F)cc(C(F)(F)F)c1)C(c1ccccc1)c1ccccc1. The zero-order valence-corrected chi connectivity index (χ0v) is 18.4. The van der Waals surface area contributed by atoms with Crippen molar-refractivity contribution in [1.29, 1.82) is 0 Å². The quantitative estimate of drug-likeness (QED) is 0.260. The number of hydrogen-bond acceptors (Lipinski definition) is 2. The highest BCUT2D eigenvalue weighted by atomic mass is 19.4. The molecule has 3 aromatic rings. The Bertz CT molecular complexity index is 1010. The number of alkyl halides is 6. The minimum atomic E-state index is -4.93. The van der Waals surface area contributed by atoms with Crippen molar-refractivity contribution >= 4 is 6.41 Å². The van der Waals surface area contributed by atoms with Crippen LogP contribution in [0.25, 0.3) is 0 Å². The van der Waals surface area contributed by atoms with E-state index >= 15 is 0 Å². The Hall–Kier alpha value is -3.33. The first kappa shape index (κ1) is 26.3. The van der Waals surface area contributed by atoms with Gasteiger partial charge in [-0.2, -0.15) is 26.3 Å². The molecule has 0 aliphatic rings. The highest BCUT2D eigenvalue weighted by Gasteiger charge is 2.37. The molecule has 1 atom stereocenters. The van der Waals surface area contributed by atoms with Crippen LogP contribution in [0.4, 0.5) is 26.3 Å². The molecule has 0 aliphatic carbocycles. The number of ether oxygens (including phenoxy) is 1. The molecular formula is C26H23F6NO2. The molecule has 0 radical (unpaired) electrons. The van der Waals surface area contributed by atoms with E-state index in [0.717, 1.165) is 11.1 Å². The highest BCUT2D eigenvalue weighted by molar-refractivity contribution is 5.46. The molecule has 0 saturated heterocycles. The summed E-state index contributed by atoms with van der Waals surface area (Å²) in [7, 11) is 0. The van der Waals surface area contributed by atoms with Crippen molar-refractivity contribution in [3.8, 4) is 0 Å². The van der Waals surface area contributed by atoms with Crippen molar-refractivity contribution in [2.45, 2.75) is 24.9 Å². The van der Waals surface area contributed by atoms with Crippen LogP contribution in [0.5, 0.6) is 0 Å². The zero-order chi connectivity index (χ0) is 25.5. The van der Waals surface area contributed by atoms with Crippen LogP contribution in [0.2, 0.25) is 0 Å². The number of hydrogen-bond donors (Lipinski definition) is 1. The third kappa shape index (κ3) is 7.32. The Morgan fingerprint density at radius 3 is 1.69 bits per heavy atom. The molecule has 3 rings (SSSR count). The van der Waals surface area contributed by atoms with Gasteiger partial charge in [0.05, 0.1) is 24.3 Å². The lowest BCUT2D eigenvalue weighted by atomic mass is 9.81. The maximum atomic E-state index is 13.2. The average molecular weight is 495 g/mol. The summed E-state index contributed by atoms with van der Waals surface area (Å²) in [6.07, 6.45) is -9.33. The number of halogens is 6. The topological polar surface area (TPSA) is 38.3 Å². The molecule has 0 aliphatic heterocycles. The fourth-order valence-electron chi connectivity index (χ4n) is 3.96. The van der Waals surface area contributed by atoms with E-state index in [9.17, 15) is 31.1 Å². The van der Waals surface area contributed by atoms with Gasteiger partial charge in [-0.15, -0.1) is 0 Å². The van der Waals surface area contributed by atoms with Crippen LogP contribution in [0.15, 0.2) is 78.9 Å². The van der Waals surface area contributed by atoms with Crippen LogP contribution < -0.4 is 5.32 Å². The van der Waals surface area contributed by atoms with Crippen molar-refractivity contribution in [2.75, 3.05) is 13.2 Å². The maximum absolute atomic E-state index is 13.2. The van der Waals surface area contributed by atoms with E-state index in [1.165, 1.54) is 0 Å². The van der Waals surface area contributed by atoms with Gasteiger partial charge in [0.1, 0.15) is 0 Å². The molecule has 186 valence electrons. The first-order valence-corrected chi connectivity index (χ1v) is 10.7. The van der Waals surface area contributed by atoms with Crippen LogP contribution in [0.1, 0.15) is 33.7 Å². The van der Waals surface area contributed by atoms with Gasteiger partial charge in [-0.25, -0.2) is 0 Å². The monoisotopic (exact) mass is 495 g/mol. The van der Waals surface area contributed by atoms with E-state index in [1.807, 2.05) is 60.7 Å². The molecule has 0 fully saturated rings. The minimum Gasteiger partial charge on any atom is -0.376 e. The molecule has 1 amide bonds. The Balaban J connectivity index is 1.86. The Morgan fingerprint density at radius 1 is 0.771 bits per heavy atom. The van der Waals surface area contributed by atoms with Crippen LogP contribution in [-0.4, -0.2) is 19.6 Å². The van der Waals surface area contributed by atoms with Crippen LogP contribution >= 0.6 is 0 Å². The second kappa shape index (κ2) is 11.4. The van der Waals surface area contributed by atoms with Crippen molar-refractivity contribution in [3.63, 3.8) is 0 Å². The van der Waals surface area contributed by atoms with E-state index < -0.39 is 30.1 Å². The Labute approximate surface area is 198 Å². The van der Waals surface area contributed by atoms with Crippen LogP contribution in [0, 0.1) is 5.92 Å². The summed E-state index contributed by atoms with van der Waals surface area (Å²) in [6, 6.07) is 20.2. The zero-order valence-electron chi connectivity index (χ0n) is 18.4. The molecule has 1 N–H and O–H groups in total. The third-order valence-corrected chi connectivity index (χ3v) is 5.50. The highest BCUT2D eigenvalue weighted by Crippen LogP contribution is 2.37. The molecule has 3 nitrogen and oxygen atoms in total. The molecule has 0 aromatic heterocycles. The predicted molar refractivity (Wildman–Crippen MR) is 118 cm³/mol. The van der Waals surface area contributed by atoms with Crippen molar-refractivity contribution < 1.29 is 35.9 Å². The van der Waals surface area contributed by atoms with Crippen molar-refractivity contribution in [3.05, 3.63) is 107 Å². The summed E-state index contributed by atoms with van der Waals surface area (Å²) in [5.74, 6) is -0.588. The van der Waals surface area contributed by atoms with E-state index in [-0.39, 0.29) is 36.6 Å². The normalized spacial score (nSPS) is 13.0. The van der Waals surface area contributed by atoms with E-state index in [2.05, 4.69) is 5.32 Å². The van der Waals surface area contributed by atoms with E-state index in [0.29, 0.717) is 18.5 Å². The van der Waals surface area contributed by atoms with E-state index in [1.54, 1.807) is 0 Å². The number of carbonyl (C=O) groups is 1. The molecule has 0 saturated carbocycles. The lowest BCUT2D eigenvalue weighted by Gasteiger charge is -2.28. The molecule has 0 heterocycles. The third-order valence-electron chi connectivity index (χ3n) is 5.50. The van der Waals surface area contributed by atoms with Gasteiger partial charge in [-0.1, -0.05) is 60.7 Å². The second-order valence-electron chi connectivity index (χ2n) is 8.01. The first-order chi connectivity index (χ1) is 16.6. The summed E-state index contributed by atoms with van der Waals surface area (Å²) in [5.41, 5.74) is -1.17. The molecule has 3 aromatic carbocycles. The largest absolute Gasteiger partial charge is 0.416 e. The number of benzene rings is 3. The van der Waals surface area contributed by atoms with Gasteiger partial charge in [-0.05, 0) is 34.9 Å². The lowest BCUT2D eigenvalue weighted by molar-refractivity contribution is -0.143. The predicted octanol–water partition coefficient (Wildman–Crippen LogP) is 6.44. The van der Waals surface area contributed by atoms with E-state index in [4.69, 9.17) is 4.74 Å². The Kier molecular flexibility index (Phi) is 8.56. The number of amides is 1. The van der Waals surface area contributed by atoms with Gasteiger partial charge < -0.3 is 10.1 Å². The lowest BCUT2D eigenvalue weighted by Crippen LogP contribution is -2.30. The summed E-state index contributed by atoms with van der Waals surface area (Å²) >= 11 is 0. The van der Waals surface area contributed by atoms with Crippen molar-refractivity contribution in [2.24, 2.45) is 5.92 Å². The summed E-state index contributed by atoms with van der Waals surface area (Å²) in [6.45, 7) is -0.290. The summed E-state index contributed by atoms with van der Waals surface area (Å²) in [5, 5.41) is 2.62. The van der Waals surface area contributed by atoms with Crippen LogP contribution in [-0.2, 0) is 28.5 Å². The van der Waals surface area contributed by atoms with Crippen molar-refractivity contribution in [1.82, 2.24) is 5.32 Å². The van der Waals surface area contributed by atoms with Gasteiger partial charge in [0.2, 0.25) is 6.41 Å². The maximum Gasteiger partial charge on any atom is 0.416 e. The molecule has 0 spiro atoms. The average Bonchev–Trinajstić information content (AvgIpc) is 2.82. The summed E-state index contributed by atoms with van der Waals surface area (Å²) in [4.78, 5) is 11.0. The molecule has 0 bridgehead atoms.